The fraction of sp³-hybridized carbons (Fsp3) is 0.267. The van der Waals surface area contributed by atoms with Crippen LogP contribution in [-0.4, -0.2) is 26.8 Å². The highest BCUT2D eigenvalue weighted by Gasteiger charge is 2.17. The van der Waals surface area contributed by atoms with Crippen molar-refractivity contribution in [3.05, 3.63) is 47.3 Å². The van der Waals surface area contributed by atoms with Gasteiger partial charge in [-0.05, 0) is 44.0 Å². The monoisotopic (exact) mass is 287 g/mol. The van der Waals surface area contributed by atoms with Gasteiger partial charge in [0.25, 0.3) is 5.91 Å². The fourth-order valence-electron chi connectivity index (χ4n) is 1.86. The van der Waals surface area contributed by atoms with Crippen molar-refractivity contribution in [2.24, 2.45) is 0 Å². The number of carbonyl (C=O) groups excluding carboxylic acids is 1. The Morgan fingerprint density at radius 3 is 2.67 bits per heavy atom. The van der Waals surface area contributed by atoms with Crippen molar-refractivity contribution in [1.29, 1.82) is 0 Å². The van der Waals surface area contributed by atoms with Gasteiger partial charge in [-0.25, -0.2) is 4.79 Å². The smallest absolute Gasteiger partial charge is 0.328 e. The summed E-state index contributed by atoms with van der Waals surface area (Å²) < 4.78 is 1.25. The summed E-state index contributed by atoms with van der Waals surface area (Å²) in [5.41, 5.74) is 2.98. The molecule has 1 unspecified atom stereocenters. The Balaban J connectivity index is 2.18. The van der Waals surface area contributed by atoms with Crippen LogP contribution in [0, 0.1) is 13.8 Å². The number of rotatable bonds is 4. The summed E-state index contributed by atoms with van der Waals surface area (Å²) >= 11 is 0. The van der Waals surface area contributed by atoms with Gasteiger partial charge in [0.2, 0.25) is 0 Å². The number of aromatic nitrogens is 2. The Bertz CT molecular complexity index is 691. The van der Waals surface area contributed by atoms with Crippen molar-refractivity contribution in [2.75, 3.05) is 5.32 Å². The average molecular weight is 287 g/mol. The molecule has 0 saturated heterocycles. The lowest BCUT2D eigenvalue weighted by Crippen LogP contribution is -2.18. The fourth-order valence-corrected chi connectivity index (χ4v) is 1.86. The standard InChI is InChI=1S/C15H17N3O3/c1-9-5-4-6-12(10(9)2)16-14(19)13-7-8-18(17-13)11(3)15(20)21/h4-8,11H,1-3H3,(H,16,19)(H,20,21). The molecule has 6 nitrogen and oxygen atoms in total. The summed E-state index contributed by atoms with van der Waals surface area (Å²) in [4.78, 5) is 23.0. The second-order valence-electron chi connectivity index (χ2n) is 4.90. The lowest BCUT2D eigenvalue weighted by molar-refractivity contribution is -0.140. The number of benzene rings is 1. The number of nitrogens with one attached hydrogen (secondary N) is 1. The topological polar surface area (TPSA) is 84.2 Å². The van der Waals surface area contributed by atoms with Crippen molar-refractivity contribution in [3.8, 4) is 0 Å². The molecule has 110 valence electrons. The Hall–Kier alpha value is -2.63. The molecule has 1 atom stereocenters. The molecule has 0 bridgehead atoms. The zero-order valence-corrected chi connectivity index (χ0v) is 12.1. The minimum Gasteiger partial charge on any atom is -0.480 e. The molecule has 0 radical (unpaired) electrons. The summed E-state index contributed by atoms with van der Waals surface area (Å²) in [6.07, 6.45) is 1.48. The Morgan fingerprint density at radius 2 is 2.00 bits per heavy atom. The predicted molar refractivity (Wildman–Crippen MR) is 78.4 cm³/mol. The largest absolute Gasteiger partial charge is 0.480 e. The van der Waals surface area contributed by atoms with E-state index in [0.29, 0.717) is 0 Å². The maximum atomic E-state index is 12.1. The molecule has 2 aromatic rings. The third-order valence-electron chi connectivity index (χ3n) is 3.45. The van der Waals surface area contributed by atoms with Gasteiger partial charge in [0.15, 0.2) is 5.69 Å². The molecule has 21 heavy (non-hydrogen) atoms. The van der Waals surface area contributed by atoms with Crippen molar-refractivity contribution in [3.63, 3.8) is 0 Å². The number of anilines is 1. The van der Waals surface area contributed by atoms with E-state index < -0.39 is 12.0 Å². The molecule has 2 N–H and O–H groups in total. The number of nitrogens with zero attached hydrogens (tertiary/aromatic N) is 2. The number of hydrogen-bond donors (Lipinski definition) is 2. The molecule has 0 aliphatic carbocycles. The van der Waals surface area contributed by atoms with Gasteiger partial charge in [-0.2, -0.15) is 5.10 Å². The molecule has 6 heteroatoms. The maximum absolute atomic E-state index is 12.1. The third-order valence-corrected chi connectivity index (χ3v) is 3.45. The highest BCUT2D eigenvalue weighted by molar-refractivity contribution is 6.03. The van der Waals surface area contributed by atoms with Crippen LogP contribution in [-0.2, 0) is 4.79 Å². The third kappa shape index (κ3) is 3.10. The van der Waals surface area contributed by atoms with Gasteiger partial charge in [0.1, 0.15) is 6.04 Å². The summed E-state index contributed by atoms with van der Waals surface area (Å²) in [5.74, 6) is -1.36. The highest BCUT2D eigenvalue weighted by Crippen LogP contribution is 2.18. The van der Waals surface area contributed by atoms with Crippen LogP contribution < -0.4 is 5.32 Å². The van der Waals surface area contributed by atoms with Crippen LogP contribution in [0.2, 0.25) is 0 Å². The molecule has 2 rings (SSSR count). The molecule has 1 aromatic heterocycles. The van der Waals surface area contributed by atoms with Gasteiger partial charge in [0.05, 0.1) is 0 Å². The molecule has 0 fully saturated rings. The van der Waals surface area contributed by atoms with E-state index in [2.05, 4.69) is 10.4 Å². The van der Waals surface area contributed by atoms with E-state index >= 15 is 0 Å². The van der Waals surface area contributed by atoms with Crippen LogP contribution in [0.25, 0.3) is 0 Å². The number of amides is 1. The highest BCUT2D eigenvalue weighted by atomic mass is 16.4. The molecular weight excluding hydrogens is 270 g/mol. The molecule has 0 spiro atoms. The summed E-state index contributed by atoms with van der Waals surface area (Å²) in [6.45, 7) is 5.39. The van der Waals surface area contributed by atoms with Gasteiger partial charge in [-0.1, -0.05) is 12.1 Å². The Labute approximate surface area is 122 Å². The van der Waals surface area contributed by atoms with Crippen molar-refractivity contribution in [1.82, 2.24) is 9.78 Å². The second kappa shape index (κ2) is 5.78. The number of carboxylic acid groups (broad SMARTS) is 1. The van der Waals surface area contributed by atoms with Crippen LogP contribution >= 0.6 is 0 Å². The van der Waals surface area contributed by atoms with Crippen molar-refractivity contribution >= 4 is 17.6 Å². The summed E-state index contributed by atoms with van der Waals surface area (Å²) in [5, 5.41) is 15.7. The zero-order valence-electron chi connectivity index (χ0n) is 12.1. The number of carboxylic acids is 1. The van der Waals surface area contributed by atoms with Crippen LogP contribution in [0.5, 0.6) is 0 Å². The first kappa shape index (κ1) is 14.8. The van der Waals surface area contributed by atoms with E-state index in [1.807, 2.05) is 32.0 Å². The Morgan fingerprint density at radius 1 is 1.29 bits per heavy atom. The normalized spacial score (nSPS) is 12.0. The Kier molecular flexibility index (Phi) is 4.07. The van der Waals surface area contributed by atoms with E-state index in [9.17, 15) is 9.59 Å². The lowest BCUT2D eigenvalue weighted by Gasteiger charge is -2.09. The van der Waals surface area contributed by atoms with E-state index in [1.165, 1.54) is 23.9 Å². The predicted octanol–water partition coefficient (Wildman–Crippen LogP) is 2.40. The lowest BCUT2D eigenvalue weighted by atomic mass is 10.1. The number of carbonyl (C=O) groups is 2. The van der Waals surface area contributed by atoms with E-state index in [0.717, 1.165) is 16.8 Å². The van der Waals surface area contributed by atoms with Crippen LogP contribution in [0.15, 0.2) is 30.5 Å². The summed E-state index contributed by atoms with van der Waals surface area (Å²) in [7, 11) is 0. The number of aryl methyl sites for hydroxylation is 1. The van der Waals surface area contributed by atoms with Gasteiger partial charge < -0.3 is 10.4 Å². The first-order valence-corrected chi connectivity index (χ1v) is 6.55. The molecule has 0 saturated carbocycles. The van der Waals surface area contributed by atoms with Gasteiger partial charge in [-0.15, -0.1) is 0 Å². The second-order valence-corrected chi connectivity index (χ2v) is 4.90. The van der Waals surface area contributed by atoms with E-state index in [1.54, 1.807) is 0 Å². The quantitative estimate of drug-likeness (QED) is 0.904. The minimum absolute atomic E-state index is 0.184. The zero-order chi connectivity index (χ0) is 15.6. The van der Waals surface area contributed by atoms with E-state index in [4.69, 9.17) is 5.11 Å². The van der Waals surface area contributed by atoms with E-state index in [-0.39, 0.29) is 11.6 Å². The maximum Gasteiger partial charge on any atom is 0.328 e. The van der Waals surface area contributed by atoms with Gasteiger partial charge >= 0.3 is 5.97 Å². The van der Waals surface area contributed by atoms with Crippen LogP contribution in [0.1, 0.15) is 34.6 Å². The van der Waals surface area contributed by atoms with Crippen LogP contribution in [0.4, 0.5) is 5.69 Å². The first-order valence-electron chi connectivity index (χ1n) is 6.55. The minimum atomic E-state index is -1.00. The molecule has 1 aromatic carbocycles. The first-order chi connectivity index (χ1) is 9.90. The van der Waals surface area contributed by atoms with Gasteiger partial charge in [0, 0.05) is 11.9 Å². The van der Waals surface area contributed by atoms with Crippen molar-refractivity contribution < 1.29 is 14.7 Å². The molecule has 1 amide bonds. The van der Waals surface area contributed by atoms with Gasteiger partial charge in [-0.3, -0.25) is 9.48 Å². The average Bonchev–Trinajstić information content (AvgIpc) is 2.92. The molecule has 0 aliphatic heterocycles. The molecule has 0 aliphatic rings. The SMILES string of the molecule is Cc1cccc(NC(=O)c2ccn(C(C)C(=O)O)n2)c1C. The molecular formula is C15H17N3O3. The number of hydrogen-bond acceptors (Lipinski definition) is 3. The number of aliphatic carboxylic acids is 1. The van der Waals surface area contributed by atoms with Crippen molar-refractivity contribution in [2.45, 2.75) is 26.8 Å². The molecule has 1 heterocycles. The van der Waals surface area contributed by atoms with Crippen LogP contribution in [0.3, 0.4) is 0 Å². The summed E-state index contributed by atoms with van der Waals surface area (Å²) in [6, 6.07) is 6.33.